The van der Waals surface area contributed by atoms with Crippen molar-refractivity contribution < 1.29 is 17.9 Å². The first-order valence-corrected chi connectivity index (χ1v) is 9.60. The fourth-order valence-electron chi connectivity index (χ4n) is 2.24. The van der Waals surface area contributed by atoms with Crippen LogP contribution in [0.25, 0.3) is 0 Å². The molecule has 2 aromatic carbocycles. The molecule has 1 N–H and O–H groups in total. The molecule has 0 aliphatic heterocycles. The van der Waals surface area contributed by atoms with Crippen molar-refractivity contribution in [3.8, 4) is 5.75 Å². The number of hydrogen-bond acceptors (Lipinski definition) is 4. The summed E-state index contributed by atoms with van der Waals surface area (Å²) < 4.78 is 38.2. The van der Waals surface area contributed by atoms with E-state index in [-0.39, 0.29) is 16.5 Å². The van der Waals surface area contributed by atoms with Crippen molar-refractivity contribution in [1.82, 2.24) is 4.72 Å². The maximum Gasteiger partial charge on any atom is 0.240 e. The van der Waals surface area contributed by atoms with E-state index in [1.165, 1.54) is 32.4 Å². The molecule has 136 valence electrons. The fourth-order valence-corrected chi connectivity index (χ4v) is 3.90. The van der Waals surface area contributed by atoms with Crippen LogP contribution >= 0.6 is 23.2 Å². The Morgan fingerprint density at radius 2 is 1.84 bits per heavy atom. The smallest absolute Gasteiger partial charge is 0.240 e. The molecule has 0 spiro atoms. The lowest BCUT2D eigenvalue weighted by Crippen LogP contribution is -2.40. The van der Waals surface area contributed by atoms with Gasteiger partial charge in [0.05, 0.1) is 17.0 Å². The van der Waals surface area contributed by atoms with Gasteiger partial charge in [-0.15, -0.1) is 0 Å². The van der Waals surface area contributed by atoms with Crippen molar-refractivity contribution in [3.05, 3.63) is 58.1 Å². The second-order valence-electron chi connectivity index (χ2n) is 5.57. The van der Waals surface area contributed by atoms with E-state index in [4.69, 9.17) is 32.7 Å². The number of nitrogens with one attached hydrogen (secondary N) is 1. The van der Waals surface area contributed by atoms with E-state index in [0.29, 0.717) is 10.8 Å². The SMILES string of the molecule is COc1ccc(S(=O)(=O)NCC(C)(OC)c2cccc(Cl)c2)cc1Cl. The Morgan fingerprint density at radius 1 is 1.12 bits per heavy atom. The second kappa shape index (κ2) is 7.93. The Hall–Kier alpha value is -1.31. The Morgan fingerprint density at radius 3 is 2.40 bits per heavy atom. The van der Waals surface area contributed by atoms with Gasteiger partial charge < -0.3 is 9.47 Å². The maximum atomic E-state index is 12.6. The minimum Gasteiger partial charge on any atom is -0.495 e. The molecule has 0 saturated carbocycles. The molecular formula is C17H19Cl2NO4S. The van der Waals surface area contributed by atoms with Crippen LogP contribution in [-0.2, 0) is 20.4 Å². The summed E-state index contributed by atoms with van der Waals surface area (Å²) in [7, 11) is -0.798. The summed E-state index contributed by atoms with van der Waals surface area (Å²) in [6, 6.07) is 11.4. The highest BCUT2D eigenvalue weighted by Crippen LogP contribution is 2.29. The summed E-state index contributed by atoms with van der Waals surface area (Å²) in [5, 5.41) is 0.764. The highest BCUT2D eigenvalue weighted by molar-refractivity contribution is 7.89. The molecule has 0 radical (unpaired) electrons. The van der Waals surface area contributed by atoms with Crippen molar-refractivity contribution >= 4 is 33.2 Å². The van der Waals surface area contributed by atoms with Gasteiger partial charge in [-0.05, 0) is 42.8 Å². The van der Waals surface area contributed by atoms with Gasteiger partial charge in [-0.3, -0.25) is 0 Å². The number of sulfonamides is 1. The van der Waals surface area contributed by atoms with Crippen LogP contribution in [0.3, 0.4) is 0 Å². The van der Waals surface area contributed by atoms with Crippen molar-refractivity contribution in [2.45, 2.75) is 17.4 Å². The molecule has 8 heteroatoms. The van der Waals surface area contributed by atoms with Crippen LogP contribution < -0.4 is 9.46 Å². The molecule has 0 amide bonds. The zero-order valence-electron chi connectivity index (χ0n) is 14.0. The summed E-state index contributed by atoms with van der Waals surface area (Å²) in [5.74, 6) is 0.404. The molecule has 0 aliphatic carbocycles. The van der Waals surface area contributed by atoms with E-state index in [0.717, 1.165) is 5.56 Å². The Bertz CT molecular complexity index is 857. The lowest BCUT2D eigenvalue weighted by Gasteiger charge is -2.29. The number of ether oxygens (including phenoxy) is 2. The van der Waals surface area contributed by atoms with Crippen LogP contribution in [0.15, 0.2) is 47.4 Å². The van der Waals surface area contributed by atoms with Gasteiger partial charge >= 0.3 is 0 Å². The maximum absolute atomic E-state index is 12.6. The third-order valence-electron chi connectivity index (χ3n) is 3.92. The first kappa shape index (κ1) is 20.0. The van der Waals surface area contributed by atoms with Gasteiger partial charge in [-0.1, -0.05) is 35.3 Å². The highest BCUT2D eigenvalue weighted by Gasteiger charge is 2.29. The number of benzene rings is 2. The predicted molar refractivity (Wildman–Crippen MR) is 99.0 cm³/mol. The zero-order chi connectivity index (χ0) is 18.7. The molecule has 0 heterocycles. The molecule has 0 bridgehead atoms. The summed E-state index contributed by atoms with van der Waals surface area (Å²) in [6.45, 7) is 1.80. The van der Waals surface area contributed by atoms with Crippen LogP contribution in [0.2, 0.25) is 10.0 Å². The monoisotopic (exact) mass is 403 g/mol. The normalized spacial score (nSPS) is 14.1. The minimum absolute atomic E-state index is 0.0236. The van der Waals surface area contributed by atoms with Gasteiger partial charge in [0.2, 0.25) is 10.0 Å². The minimum atomic E-state index is -3.77. The molecule has 1 atom stereocenters. The van der Waals surface area contributed by atoms with Gasteiger partial charge in [-0.2, -0.15) is 0 Å². The molecule has 0 saturated heterocycles. The van der Waals surface area contributed by atoms with Crippen molar-refractivity contribution in [2.75, 3.05) is 20.8 Å². The molecule has 0 fully saturated rings. The molecule has 0 aliphatic rings. The number of hydrogen-bond donors (Lipinski definition) is 1. The van der Waals surface area contributed by atoms with Crippen molar-refractivity contribution in [3.63, 3.8) is 0 Å². The van der Waals surface area contributed by atoms with E-state index in [2.05, 4.69) is 4.72 Å². The quantitative estimate of drug-likeness (QED) is 0.762. The van der Waals surface area contributed by atoms with Gasteiger partial charge in [0.25, 0.3) is 0 Å². The van der Waals surface area contributed by atoms with Gasteiger partial charge in [0, 0.05) is 18.7 Å². The van der Waals surface area contributed by atoms with Gasteiger partial charge in [-0.25, -0.2) is 13.1 Å². The molecule has 2 aromatic rings. The Labute approximate surface area is 157 Å². The first-order valence-electron chi connectivity index (χ1n) is 7.36. The van der Waals surface area contributed by atoms with Gasteiger partial charge in [0.15, 0.2) is 0 Å². The summed E-state index contributed by atoms with van der Waals surface area (Å²) in [4.78, 5) is 0.0443. The lowest BCUT2D eigenvalue weighted by molar-refractivity contribution is 0.00699. The number of rotatable bonds is 7. The molecule has 1 unspecified atom stereocenters. The van der Waals surface area contributed by atoms with E-state index >= 15 is 0 Å². The average Bonchev–Trinajstić information content (AvgIpc) is 2.59. The van der Waals surface area contributed by atoms with E-state index < -0.39 is 15.6 Å². The van der Waals surface area contributed by atoms with Crippen LogP contribution in [0.5, 0.6) is 5.75 Å². The summed E-state index contributed by atoms with van der Waals surface area (Å²) in [5.41, 5.74) is -0.119. The first-order chi connectivity index (χ1) is 11.7. The molecule has 5 nitrogen and oxygen atoms in total. The van der Waals surface area contributed by atoms with Crippen LogP contribution in [0.1, 0.15) is 12.5 Å². The molecule has 2 rings (SSSR count). The molecule has 25 heavy (non-hydrogen) atoms. The van der Waals surface area contributed by atoms with Crippen molar-refractivity contribution in [2.24, 2.45) is 0 Å². The van der Waals surface area contributed by atoms with E-state index in [1.54, 1.807) is 25.1 Å². The van der Waals surface area contributed by atoms with Crippen molar-refractivity contribution in [1.29, 1.82) is 0 Å². The van der Waals surface area contributed by atoms with Crippen LogP contribution in [-0.4, -0.2) is 29.2 Å². The topological polar surface area (TPSA) is 64.6 Å². The standard InChI is InChI=1S/C17H19Cl2NO4S/c1-17(24-3,12-5-4-6-13(18)9-12)11-20-25(21,22)14-7-8-16(23-2)15(19)10-14/h4-10,20H,11H2,1-3H3. The second-order valence-corrected chi connectivity index (χ2v) is 8.18. The van der Waals surface area contributed by atoms with Crippen LogP contribution in [0, 0.1) is 0 Å². The fraction of sp³-hybridized carbons (Fsp3) is 0.294. The molecular weight excluding hydrogens is 385 g/mol. The summed E-state index contributed by atoms with van der Waals surface area (Å²) >= 11 is 12.0. The summed E-state index contributed by atoms with van der Waals surface area (Å²) in [6.07, 6.45) is 0. The number of halogens is 2. The van der Waals surface area contributed by atoms with E-state index in [1.807, 2.05) is 6.07 Å². The Balaban J connectivity index is 2.24. The van der Waals surface area contributed by atoms with E-state index in [9.17, 15) is 8.42 Å². The highest BCUT2D eigenvalue weighted by atomic mass is 35.5. The number of methoxy groups -OCH3 is 2. The molecule has 0 aromatic heterocycles. The lowest BCUT2D eigenvalue weighted by atomic mass is 9.96. The largest absolute Gasteiger partial charge is 0.495 e. The third-order valence-corrected chi connectivity index (χ3v) is 5.85. The predicted octanol–water partition coefficient (Wildman–Crippen LogP) is 3.84. The average molecular weight is 404 g/mol. The van der Waals surface area contributed by atoms with Crippen LogP contribution in [0.4, 0.5) is 0 Å². The van der Waals surface area contributed by atoms with Gasteiger partial charge in [0.1, 0.15) is 11.4 Å². The Kier molecular flexibility index (Phi) is 6.35. The zero-order valence-corrected chi connectivity index (χ0v) is 16.4. The third kappa shape index (κ3) is 4.65.